The normalized spacial score (nSPS) is 21.7. The van der Waals surface area contributed by atoms with Gasteiger partial charge in [-0.1, -0.05) is 13.8 Å². The van der Waals surface area contributed by atoms with Crippen LogP contribution in [0.2, 0.25) is 0 Å². The molecular formula is C11H21NO2. The van der Waals surface area contributed by atoms with Crippen molar-refractivity contribution in [2.75, 3.05) is 13.1 Å². The van der Waals surface area contributed by atoms with E-state index in [0.29, 0.717) is 5.41 Å². The number of rotatable bonds is 4. The lowest BCUT2D eigenvalue weighted by molar-refractivity contribution is -0.159. The number of carboxylic acid groups (broad SMARTS) is 1. The summed E-state index contributed by atoms with van der Waals surface area (Å²) in [6, 6.07) is 0. The SMILES string of the molecule is CCC1(CC)CN(C(C)(C)C(=O)O)C1. The molecular weight excluding hydrogens is 178 g/mol. The van der Waals surface area contributed by atoms with Gasteiger partial charge in [0.1, 0.15) is 5.54 Å². The van der Waals surface area contributed by atoms with E-state index < -0.39 is 11.5 Å². The monoisotopic (exact) mass is 199 g/mol. The molecule has 3 heteroatoms. The Morgan fingerprint density at radius 1 is 1.36 bits per heavy atom. The quantitative estimate of drug-likeness (QED) is 0.752. The summed E-state index contributed by atoms with van der Waals surface area (Å²) in [5.74, 6) is -0.724. The van der Waals surface area contributed by atoms with Crippen molar-refractivity contribution in [3.05, 3.63) is 0 Å². The molecule has 14 heavy (non-hydrogen) atoms. The highest BCUT2D eigenvalue weighted by molar-refractivity contribution is 5.77. The first kappa shape index (κ1) is 11.5. The maximum absolute atomic E-state index is 11.0. The number of hydrogen-bond donors (Lipinski definition) is 1. The van der Waals surface area contributed by atoms with Crippen LogP contribution < -0.4 is 0 Å². The van der Waals surface area contributed by atoms with E-state index in [4.69, 9.17) is 5.11 Å². The zero-order valence-corrected chi connectivity index (χ0v) is 9.63. The number of carboxylic acids is 1. The van der Waals surface area contributed by atoms with Crippen molar-refractivity contribution in [3.63, 3.8) is 0 Å². The van der Waals surface area contributed by atoms with Gasteiger partial charge in [-0.2, -0.15) is 0 Å². The maximum atomic E-state index is 11.0. The zero-order chi connectivity index (χ0) is 11.0. The molecule has 0 aliphatic carbocycles. The van der Waals surface area contributed by atoms with Gasteiger partial charge in [0.25, 0.3) is 0 Å². The van der Waals surface area contributed by atoms with E-state index in [1.807, 2.05) is 0 Å². The minimum atomic E-state index is -0.724. The van der Waals surface area contributed by atoms with E-state index >= 15 is 0 Å². The summed E-state index contributed by atoms with van der Waals surface area (Å²) in [6.45, 7) is 9.80. The van der Waals surface area contributed by atoms with Gasteiger partial charge in [0, 0.05) is 13.1 Å². The molecule has 0 aromatic carbocycles. The summed E-state index contributed by atoms with van der Waals surface area (Å²) in [7, 11) is 0. The van der Waals surface area contributed by atoms with Gasteiger partial charge in [0.15, 0.2) is 0 Å². The molecule has 1 heterocycles. The third-order valence-electron chi connectivity index (χ3n) is 3.87. The molecule has 0 radical (unpaired) electrons. The van der Waals surface area contributed by atoms with Crippen LogP contribution in [-0.2, 0) is 4.79 Å². The lowest BCUT2D eigenvalue weighted by Gasteiger charge is -2.55. The van der Waals surface area contributed by atoms with E-state index in [9.17, 15) is 4.79 Å². The van der Waals surface area contributed by atoms with Crippen LogP contribution in [0.1, 0.15) is 40.5 Å². The first-order chi connectivity index (χ1) is 6.38. The van der Waals surface area contributed by atoms with Crippen LogP contribution in [0.4, 0.5) is 0 Å². The van der Waals surface area contributed by atoms with E-state index in [1.165, 1.54) is 0 Å². The molecule has 0 unspecified atom stereocenters. The summed E-state index contributed by atoms with van der Waals surface area (Å²) in [5.41, 5.74) is -0.319. The highest BCUT2D eigenvalue weighted by atomic mass is 16.4. The van der Waals surface area contributed by atoms with Gasteiger partial charge in [-0.05, 0) is 32.1 Å². The van der Waals surface area contributed by atoms with Gasteiger partial charge in [-0.15, -0.1) is 0 Å². The molecule has 0 bridgehead atoms. The van der Waals surface area contributed by atoms with Gasteiger partial charge in [-0.25, -0.2) is 0 Å². The Morgan fingerprint density at radius 2 is 1.79 bits per heavy atom. The van der Waals surface area contributed by atoms with Crippen LogP contribution in [0.25, 0.3) is 0 Å². The van der Waals surface area contributed by atoms with Crippen molar-refractivity contribution in [1.29, 1.82) is 0 Å². The standard InChI is InChI=1S/C11H21NO2/c1-5-11(6-2)7-12(8-11)10(3,4)9(13)14/h5-8H2,1-4H3,(H,13,14). The fraction of sp³-hybridized carbons (Fsp3) is 0.909. The first-order valence-corrected chi connectivity index (χ1v) is 5.36. The number of aliphatic carboxylic acids is 1. The molecule has 0 spiro atoms. The minimum Gasteiger partial charge on any atom is -0.480 e. The van der Waals surface area contributed by atoms with Crippen LogP contribution in [0.3, 0.4) is 0 Å². The second kappa shape index (κ2) is 3.54. The summed E-state index contributed by atoms with van der Waals surface area (Å²) >= 11 is 0. The fourth-order valence-electron chi connectivity index (χ4n) is 1.99. The Bertz CT molecular complexity index is 223. The molecule has 1 rings (SSSR count). The largest absolute Gasteiger partial charge is 0.480 e. The molecule has 1 N–H and O–H groups in total. The Hall–Kier alpha value is -0.570. The zero-order valence-electron chi connectivity index (χ0n) is 9.63. The van der Waals surface area contributed by atoms with Gasteiger partial charge in [-0.3, -0.25) is 9.69 Å². The molecule has 1 aliphatic heterocycles. The Balaban J connectivity index is 2.60. The van der Waals surface area contributed by atoms with Gasteiger partial charge in [0.2, 0.25) is 0 Å². The van der Waals surface area contributed by atoms with Crippen molar-refractivity contribution in [2.24, 2.45) is 5.41 Å². The van der Waals surface area contributed by atoms with Crippen LogP contribution in [0.15, 0.2) is 0 Å². The number of hydrogen-bond acceptors (Lipinski definition) is 2. The highest BCUT2D eigenvalue weighted by Gasteiger charge is 2.48. The number of carbonyl (C=O) groups is 1. The first-order valence-electron chi connectivity index (χ1n) is 5.36. The van der Waals surface area contributed by atoms with Crippen LogP contribution >= 0.6 is 0 Å². The lowest BCUT2D eigenvalue weighted by atomic mass is 9.73. The molecule has 1 aliphatic rings. The topological polar surface area (TPSA) is 40.5 Å². The predicted octanol–water partition coefficient (Wildman–Crippen LogP) is 1.97. The summed E-state index contributed by atoms with van der Waals surface area (Å²) in [4.78, 5) is 13.1. The average molecular weight is 199 g/mol. The van der Waals surface area contributed by atoms with E-state index in [0.717, 1.165) is 25.9 Å². The smallest absolute Gasteiger partial charge is 0.323 e. The second-order valence-corrected chi connectivity index (χ2v) is 4.93. The van der Waals surface area contributed by atoms with Crippen LogP contribution in [0.5, 0.6) is 0 Å². The van der Waals surface area contributed by atoms with E-state index in [1.54, 1.807) is 13.8 Å². The number of nitrogens with zero attached hydrogens (tertiary/aromatic N) is 1. The van der Waals surface area contributed by atoms with Crippen LogP contribution in [0, 0.1) is 5.41 Å². The van der Waals surface area contributed by atoms with Gasteiger partial charge < -0.3 is 5.11 Å². The summed E-state index contributed by atoms with van der Waals surface area (Å²) in [5, 5.41) is 9.05. The maximum Gasteiger partial charge on any atom is 0.323 e. The van der Waals surface area contributed by atoms with Crippen molar-refractivity contribution < 1.29 is 9.90 Å². The van der Waals surface area contributed by atoms with Gasteiger partial charge in [0.05, 0.1) is 0 Å². The van der Waals surface area contributed by atoms with Gasteiger partial charge >= 0.3 is 5.97 Å². The summed E-state index contributed by atoms with van der Waals surface area (Å²) < 4.78 is 0. The Kier molecular flexibility index (Phi) is 2.91. The molecule has 0 atom stereocenters. The molecule has 0 aromatic rings. The molecule has 0 saturated carbocycles. The van der Waals surface area contributed by atoms with Crippen molar-refractivity contribution in [1.82, 2.24) is 4.90 Å². The fourth-order valence-corrected chi connectivity index (χ4v) is 1.99. The molecule has 3 nitrogen and oxygen atoms in total. The third-order valence-corrected chi connectivity index (χ3v) is 3.87. The predicted molar refractivity (Wildman–Crippen MR) is 56.3 cm³/mol. The average Bonchev–Trinajstić information content (AvgIpc) is 2.03. The van der Waals surface area contributed by atoms with Crippen molar-refractivity contribution in [3.8, 4) is 0 Å². The second-order valence-electron chi connectivity index (χ2n) is 4.93. The molecule has 0 amide bonds. The van der Waals surface area contributed by atoms with Crippen LogP contribution in [-0.4, -0.2) is 34.6 Å². The highest BCUT2D eigenvalue weighted by Crippen LogP contribution is 2.40. The number of likely N-dealkylation sites (tertiary alicyclic amines) is 1. The minimum absolute atomic E-state index is 0.382. The van der Waals surface area contributed by atoms with Crippen molar-refractivity contribution >= 4 is 5.97 Å². The molecule has 1 saturated heterocycles. The molecule has 82 valence electrons. The Labute approximate surface area is 86.1 Å². The molecule has 0 aromatic heterocycles. The molecule has 1 fully saturated rings. The lowest BCUT2D eigenvalue weighted by Crippen LogP contribution is -2.65. The third kappa shape index (κ3) is 1.65. The summed E-state index contributed by atoms with van der Waals surface area (Å²) in [6.07, 6.45) is 2.30. The van der Waals surface area contributed by atoms with E-state index in [2.05, 4.69) is 18.7 Å². The Morgan fingerprint density at radius 3 is 2.07 bits per heavy atom. The van der Waals surface area contributed by atoms with Crippen molar-refractivity contribution in [2.45, 2.75) is 46.1 Å². The van der Waals surface area contributed by atoms with E-state index in [-0.39, 0.29) is 0 Å².